The minimum atomic E-state index is -2.17. The monoisotopic (exact) mass is 629 g/mol. The molecule has 1 aromatic rings. The summed E-state index contributed by atoms with van der Waals surface area (Å²) in [4.78, 5) is 52.6. The van der Waals surface area contributed by atoms with Crippen molar-refractivity contribution in [2.45, 2.75) is 116 Å². The molecule has 0 aromatic heterocycles. The second-order valence-electron chi connectivity index (χ2n) is 14.3. The number of nitrogens with zero attached hydrogens (tertiary/aromatic N) is 1. The first kappa shape index (κ1) is 37.0. The van der Waals surface area contributed by atoms with Gasteiger partial charge in [0.2, 0.25) is 17.7 Å². The SMILES string of the molecule is C#Cc1ccc([C@H](CO[Si](C)(C)C(C)(C)C)NC(=O)[C@@H]2C[C@@H](O)CN2C(=O)[C@@H](NC(=O)CCCCC(=O)O)C(C)(C)C)cc1. The zero-order chi connectivity index (χ0) is 33.5. The van der Waals surface area contributed by atoms with Gasteiger partial charge in [-0.25, -0.2) is 0 Å². The van der Waals surface area contributed by atoms with E-state index in [2.05, 4.69) is 50.4 Å². The highest BCUT2D eigenvalue weighted by molar-refractivity contribution is 6.74. The van der Waals surface area contributed by atoms with Gasteiger partial charge in [-0.05, 0) is 54.1 Å². The van der Waals surface area contributed by atoms with Gasteiger partial charge in [0.25, 0.3) is 0 Å². The van der Waals surface area contributed by atoms with E-state index in [0.717, 1.165) is 5.56 Å². The van der Waals surface area contributed by atoms with Gasteiger partial charge >= 0.3 is 5.97 Å². The molecule has 4 N–H and O–H groups in total. The third-order valence-corrected chi connectivity index (χ3v) is 13.0. The van der Waals surface area contributed by atoms with Gasteiger partial charge in [-0.2, -0.15) is 0 Å². The van der Waals surface area contributed by atoms with E-state index in [1.807, 2.05) is 32.9 Å². The van der Waals surface area contributed by atoms with Crippen molar-refractivity contribution in [1.82, 2.24) is 15.5 Å². The number of aliphatic hydroxyl groups excluding tert-OH is 1. The molecule has 1 aliphatic rings. The molecule has 0 bridgehead atoms. The molecule has 0 aliphatic carbocycles. The molecule has 2 rings (SSSR count). The Labute approximate surface area is 263 Å². The fourth-order valence-corrected chi connectivity index (χ4v) is 5.74. The van der Waals surface area contributed by atoms with Gasteiger partial charge in [0.05, 0.1) is 18.8 Å². The lowest BCUT2D eigenvalue weighted by Crippen LogP contribution is -2.58. The van der Waals surface area contributed by atoms with Crippen molar-refractivity contribution in [1.29, 1.82) is 0 Å². The highest BCUT2D eigenvalue weighted by Gasteiger charge is 2.45. The van der Waals surface area contributed by atoms with Crippen LogP contribution in [0.15, 0.2) is 24.3 Å². The van der Waals surface area contributed by atoms with E-state index >= 15 is 0 Å². The number of hydrogen-bond acceptors (Lipinski definition) is 6. The summed E-state index contributed by atoms with van der Waals surface area (Å²) in [5, 5.41) is 25.2. The highest BCUT2D eigenvalue weighted by atomic mass is 28.4. The number of likely N-dealkylation sites (tertiary alicyclic amines) is 1. The minimum Gasteiger partial charge on any atom is -0.481 e. The summed E-state index contributed by atoms with van der Waals surface area (Å²) in [5.74, 6) is 0.414. The second-order valence-corrected chi connectivity index (χ2v) is 19.1. The molecule has 1 heterocycles. The lowest BCUT2D eigenvalue weighted by atomic mass is 9.85. The first-order valence-electron chi connectivity index (χ1n) is 15.3. The van der Waals surface area contributed by atoms with E-state index in [9.17, 15) is 24.3 Å². The normalized spacial score (nSPS) is 18.7. The molecule has 4 atom stereocenters. The van der Waals surface area contributed by atoms with Crippen LogP contribution < -0.4 is 10.6 Å². The predicted octanol–water partition coefficient (Wildman–Crippen LogP) is 3.98. The Kier molecular flexibility index (Phi) is 12.8. The molecular formula is C33H51N3O7Si. The number of aliphatic hydroxyl groups is 1. The Hall–Kier alpha value is -3.20. The molecule has 3 amide bonds. The molecule has 0 unspecified atom stereocenters. The summed E-state index contributed by atoms with van der Waals surface area (Å²) < 4.78 is 6.48. The van der Waals surface area contributed by atoms with E-state index < -0.39 is 55.7 Å². The third kappa shape index (κ3) is 10.5. The van der Waals surface area contributed by atoms with Gasteiger partial charge in [-0.1, -0.05) is 59.6 Å². The zero-order valence-electron chi connectivity index (χ0n) is 27.5. The number of aliphatic carboxylic acids is 1. The van der Waals surface area contributed by atoms with Crippen molar-refractivity contribution >= 4 is 32.0 Å². The van der Waals surface area contributed by atoms with Crippen LogP contribution in [-0.2, 0) is 23.6 Å². The number of carboxylic acids is 1. The van der Waals surface area contributed by atoms with Crippen molar-refractivity contribution in [3.8, 4) is 12.3 Å². The number of nitrogens with one attached hydrogen (secondary N) is 2. The molecule has 244 valence electrons. The van der Waals surface area contributed by atoms with E-state index in [0.29, 0.717) is 18.4 Å². The van der Waals surface area contributed by atoms with E-state index in [-0.39, 0.29) is 43.4 Å². The minimum absolute atomic E-state index is 0.0344. The molecule has 0 saturated carbocycles. The molecule has 0 spiro atoms. The molecule has 1 aliphatic heterocycles. The number of β-amino-alcohol motifs (C(OH)–C–C–N with tert-alkyl or cyclic N) is 1. The number of unbranched alkanes of at least 4 members (excludes halogenated alkanes) is 1. The van der Waals surface area contributed by atoms with E-state index in [1.54, 1.807) is 12.1 Å². The van der Waals surface area contributed by atoms with Gasteiger partial charge in [-0.3, -0.25) is 19.2 Å². The molecule has 44 heavy (non-hydrogen) atoms. The maximum Gasteiger partial charge on any atom is 0.303 e. The number of hydrogen-bond donors (Lipinski definition) is 4. The van der Waals surface area contributed by atoms with Crippen LogP contribution in [0, 0.1) is 17.8 Å². The molecular weight excluding hydrogens is 578 g/mol. The summed E-state index contributed by atoms with van der Waals surface area (Å²) in [7, 11) is -2.17. The fraction of sp³-hybridized carbons (Fsp3) is 0.636. The summed E-state index contributed by atoms with van der Waals surface area (Å²) in [6.45, 7) is 16.3. The van der Waals surface area contributed by atoms with Crippen molar-refractivity contribution in [2.24, 2.45) is 5.41 Å². The fourth-order valence-electron chi connectivity index (χ4n) is 4.72. The first-order valence-corrected chi connectivity index (χ1v) is 18.2. The maximum atomic E-state index is 13.9. The van der Waals surface area contributed by atoms with Crippen LogP contribution in [0.5, 0.6) is 0 Å². The Bertz CT molecular complexity index is 1210. The smallest absolute Gasteiger partial charge is 0.303 e. The molecule has 1 saturated heterocycles. The van der Waals surface area contributed by atoms with Gasteiger partial charge in [0, 0.05) is 31.4 Å². The van der Waals surface area contributed by atoms with Gasteiger partial charge < -0.3 is 30.2 Å². The quantitative estimate of drug-likeness (QED) is 0.147. The summed E-state index contributed by atoms with van der Waals surface area (Å²) in [5.41, 5.74) is 0.813. The lowest BCUT2D eigenvalue weighted by Gasteiger charge is -2.38. The van der Waals surface area contributed by atoms with Crippen LogP contribution >= 0.6 is 0 Å². The van der Waals surface area contributed by atoms with E-state index in [4.69, 9.17) is 16.0 Å². The number of carboxylic acid groups (broad SMARTS) is 1. The summed E-state index contributed by atoms with van der Waals surface area (Å²) in [6.07, 6.45) is 5.46. The van der Waals surface area contributed by atoms with Crippen molar-refractivity contribution in [3.63, 3.8) is 0 Å². The van der Waals surface area contributed by atoms with Crippen LogP contribution in [0.3, 0.4) is 0 Å². The van der Waals surface area contributed by atoms with Crippen LogP contribution in [0.4, 0.5) is 0 Å². The number of rotatable bonds is 13. The lowest BCUT2D eigenvalue weighted by molar-refractivity contribution is -0.144. The first-order chi connectivity index (χ1) is 20.3. The van der Waals surface area contributed by atoms with Gasteiger partial charge in [0.1, 0.15) is 12.1 Å². The van der Waals surface area contributed by atoms with Crippen molar-refractivity contribution in [3.05, 3.63) is 35.4 Å². The third-order valence-electron chi connectivity index (χ3n) is 8.54. The highest BCUT2D eigenvalue weighted by Crippen LogP contribution is 2.37. The Morgan fingerprint density at radius 3 is 2.16 bits per heavy atom. The largest absolute Gasteiger partial charge is 0.481 e. The van der Waals surface area contributed by atoms with Crippen molar-refractivity contribution in [2.75, 3.05) is 13.2 Å². The number of carbonyl (C=O) groups excluding carboxylic acids is 3. The zero-order valence-corrected chi connectivity index (χ0v) is 28.5. The topological polar surface area (TPSA) is 145 Å². The molecule has 0 radical (unpaired) electrons. The molecule has 1 aromatic carbocycles. The Morgan fingerprint density at radius 2 is 1.64 bits per heavy atom. The van der Waals surface area contributed by atoms with Crippen molar-refractivity contribution < 1.29 is 33.8 Å². The number of amides is 3. The number of carbonyl (C=O) groups is 4. The van der Waals surface area contributed by atoms with Gasteiger partial charge in [0.15, 0.2) is 8.32 Å². The van der Waals surface area contributed by atoms with Gasteiger partial charge in [-0.15, -0.1) is 6.42 Å². The summed E-state index contributed by atoms with van der Waals surface area (Å²) in [6, 6.07) is 4.87. The standard InChI is InChI=1S/C33H51N3O7Si/c1-10-22-15-17-23(18-16-22)25(21-43-44(8,9)33(5,6)7)34-30(41)26-19-24(37)20-36(26)31(42)29(32(2,3)4)35-27(38)13-11-12-14-28(39)40/h1,15-18,24-26,29,37H,11-14,19-21H2,2-9H3,(H,34,41)(H,35,38)(H,39,40)/t24-,25+,26+,29-/m1/s1. The van der Waals surface area contributed by atoms with Crippen LogP contribution in [0.2, 0.25) is 18.1 Å². The maximum absolute atomic E-state index is 13.9. The van der Waals surface area contributed by atoms with Crippen LogP contribution in [0.1, 0.15) is 90.8 Å². The second kappa shape index (κ2) is 15.2. The molecule has 11 heteroatoms. The van der Waals surface area contributed by atoms with Crippen LogP contribution in [0.25, 0.3) is 0 Å². The molecule has 10 nitrogen and oxygen atoms in total. The molecule has 1 fully saturated rings. The van der Waals surface area contributed by atoms with E-state index in [1.165, 1.54) is 4.90 Å². The number of benzene rings is 1. The summed E-state index contributed by atoms with van der Waals surface area (Å²) >= 11 is 0. The number of terminal acetylenes is 1. The predicted molar refractivity (Wildman–Crippen MR) is 172 cm³/mol. The average Bonchev–Trinajstić information content (AvgIpc) is 3.32. The van der Waals surface area contributed by atoms with Crippen LogP contribution in [-0.4, -0.2) is 78.5 Å². The Morgan fingerprint density at radius 1 is 1.05 bits per heavy atom. The average molecular weight is 630 g/mol. The Balaban J connectivity index is 2.27.